The van der Waals surface area contributed by atoms with Crippen LogP contribution in [0, 0.1) is 0 Å². The van der Waals surface area contributed by atoms with Gasteiger partial charge in [0, 0.05) is 33.4 Å². The maximum atomic E-state index is 4.90. The van der Waals surface area contributed by atoms with Crippen LogP contribution in [0.15, 0.2) is 48.3 Å². The van der Waals surface area contributed by atoms with E-state index in [1.165, 1.54) is 27.3 Å². The van der Waals surface area contributed by atoms with Crippen molar-refractivity contribution in [2.75, 3.05) is 0 Å². The maximum Gasteiger partial charge on any atom is 0.0809 e. The summed E-state index contributed by atoms with van der Waals surface area (Å²) >= 11 is 0. The van der Waals surface area contributed by atoms with Crippen molar-refractivity contribution in [3.63, 3.8) is 0 Å². The lowest BCUT2D eigenvalue weighted by atomic mass is 10.0. The Morgan fingerprint density at radius 1 is 0.850 bits per heavy atom. The molecule has 0 fully saturated rings. The van der Waals surface area contributed by atoms with Crippen LogP contribution in [0.5, 0.6) is 0 Å². The first-order valence-corrected chi connectivity index (χ1v) is 6.67. The number of H-pyrrole nitrogens is 1. The Morgan fingerprint density at radius 2 is 1.75 bits per heavy atom. The number of pyridine rings is 1. The van der Waals surface area contributed by atoms with Crippen LogP contribution in [0.4, 0.5) is 0 Å². The van der Waals surface area contributed by atoms with Crippen LogP contribution in [0.3, 0.4) is 0 Å². The molecule has 2 heterocycles. The van der Waals surface area contributed by atoms with E-state index in [1.54, 1.807) is 0 Å². The minimum Gasteiger partial charge on any atom is -0.361 e. The molecule has 0 saturated carbocycles. The monoisotopic (exact) mass is 254 g/mol. The summed E-state index contributed by atoms with van der Waals surface area (Å²) in [5, 5.41) is 3.61. The third kappa shape index (κ3) is 1.12. The van der Waals surface area contributed by atoms with Crippen molar-refractivity contribution in [3.8, 4) is 0 Å². The van der Waals surface area contributed by atoms with Crippen molar-refractivity contribution in [1.29, 1.82) is 0 Å². The van der Waals surface area contributed by atoms with Gasteiger partial charge in [-0.15, -0.1) is 5.73 Å². The van der Waals surface area contributed by atoms with Gasteiger partial charge in [-0.25, -0.2) is 4.98 Å². The zero-order valence-corrected chi connectivity index (χ0v) is 10.6. The summed E-state index contributed by atoms with van der Waals surface area (Å²) in [5.41, 5.74) is 8.83. The zero-order chi connectivity index (χ0) is 13.1. The minimum absolute atomic E-state index is 1.07. The van der Waals surface area contributed by atoms with Crippen molar-refractivity contribution in [2.24, 2.45) is 0 Å². The van der Waals surface area contributed by atoms with Crippen LogP contribution in [0.2, 0.25) is 0 Å². The van der Waals surface area contributed by atoms with E-state index in [0.29, 0.717) is 0 Å². The van der Waals surface area contributed by atoms with Gasteiger partial charge in [0.25, 0.3) is 0 Å². The van der Waals surface area contributed by atoms with E-state index in [0.717, 1.165) is 16.6 Å². The van der Waals surface area contributed by atoms with Crippen LogP contribution < -0.4 is 0 Å². The van der Waals surface area contributed by atoms with Gasteiger partial charge in [0.05, 0.1) is 11.0 Å². The van der Waals surface area contributed by atoms with E-state index in [9.17, 15) is 0 Å². The SMILES string of the molecule is C1=Cc2ccc3c(nc4c5ccc[nH]c5ccc34)c2C=1. The first-order valence-electron chi connectivity index (χ1n) is 6.67. The van der Waals surface area contributed by atoms with E-state index >= 15 is 0 Å². The topological polar surface area (TPSA) is 28.7 Å². The third-order valence-corrected chi connectivity index (χ3v) is 4.05. The number of nitrogens with zero attached hydrogens (tertiary/aromatic N) is 1. The molecule has 0 aliphatic heterocycles. The lowest BCUT2D eigenvalue weighted by Crippen LogP contribution is -1.79. The molecule has 2 nitrogen and oxygen atoms in total. The number of benzene rings is 2. The second-order valence-corrected chi connectivity index (χ2v) is 5.12. The Balaban J connectivity index is 2.07. The van der Waals surface area contributed by atoms with Gasteiger partial charge in [0.15, 0.2) is 0 Å². The quantitative estimate of drug-likeness (QED) is 0.405. The molecule has 0 atom stereocenters. The predicted octanol–water partition coefficient (Wildman–Crippen LogP) is 4.51. The van der Waals surface area contributed by atoms with Crippen LogP contribution in [-0.4, -0.2) is 9.97 Å². The van der Waals surface area contributed by atoms with E-state index in [4.69, 9.17) is 4.98 Å². The molecular weight excluding hydrogens is 244 g/mol. The number of aromatic amines is 1. The van der Waals surface area contributed by atoms with Crippen LogP contribution in [0.25, 0.3) is 44.9 Å². The highest BCUT2D eigenvalue weighted by Crippen LogP contribution is 2.34. The largest absolute Gasteiger partial charge is 0.361 e. The molecule has 20 heavy (non-hydrogen) atoms. The lowest BCUT2D eigenvalue weighted by molar-refractivity contribution is 1.42. The fourth-order valence-corrected chi connectivity index (χ4v) is 3.09. The summed E-state index contributed by atoms with van der Waals surface area (Å²) in [6.45, 7) is 0. The molecule has 92 valence electrons. The fourth-order valence-electron chi connectivity index (χ4n) is 3.09. The average Bonchev–Trinajstić information content (AvgIpc) is 3.10. The van der Waals surface area contributed by atoms with Crippen molar-refractivity contribution < 1.29 is 0 Å². The molecule has 0 amide bonds. The Kier molecular flexibility index (Phi) is 1.69. The Hall–Kier alpha value is -2.83. The highest BCUT2D eigenvalue weighted by molar-refractivity contribution is 6.18. The van der Waals surface area contributed by atoms with Gasteiger partial charge >= 0.3 is 0 Å². The number of nitrogens with one attached hydrogen (secondary N) is 1. The zero-order valence-electron chi connectivity index (χ0n) is 10.6. The summed E-state index contributed by atoms with van der Waals surface area (Å²) in [6, 6.07) is 12.7. The van der Waals surface area contributed by atoms with Crippen molar-refractivity contribution in [1.82, 2.24) is 9.97 Å². The molecule has 2 heteroatoms. The van der Waals surface area contributed by atoms with Gasteiger partial charge in [-0.3, -0.25) is 0 Å². The first kappa shape index (κ1) is 10.0. The summed E-state index contributed by atoms with van der Waals surface area (Å²) < 4.78 is 0. The third-order valence-electron chi connectivity index (χ3n) is 4.05. The Labute approximate surface area is 115 Å². The minimum atomic E-state index is 1.07. The smallest absolute Gasteiger partial charge is 0.0809 e. The molecular formula is C18H10N2. The molecule has 2 aromatic carbocycles. The molecule has 4 aromatic rings. The number of fused-ring (bicyclic) bond motifs is 7. The molecule has 2 aromatic heterocycles. The number of rotatable bonds is 0. The van der Waals surface area contributed by atoms with Crippen molar-refractivity contribution >= 4 is 44.9 Å². The molecule has 1 aliphatic rings. The van der Waals surface area contributed by atoms with Gasteiger partial charge in [-0.2, -0.15) is 0 Å². The molecule has 1 N–H and O–H groups in total. The molecule has 1 aliphatic carbocycles. The van der Waals surface area contributed by atoms with Crippen LogP contribution >= 0.6 is 0 Å². The lowest BCUT2D eigenvalue weighted by Gasteiger charge is -1.98. The number of aromatic nitrogens is 2. The van der Waals surface area contributed by atoms with E-state index < -0.39 is 0 Å². The molecule has 0 unspecified atom stereocenters. The molecule has 0 spiro atoms. The highest BCUT2D eigenvalue weighted by atomic mass is 14.7. The van der Waals surface area contributed by atoms with Gasteiger partial charge in [-0.05, 0) is 35.9 Å². The van der Waals surface area contributed by atoms with Crippen molar-refractivity contribution in [3.05, 3.63) is 59.5 Å². The second-order valence-electron chi connectivity index (χ2n) is 5.12. The second kappa shape index (κ2) is 3.38. The van der Waals surface area contributed by atoms with Crippen LogP contribution in [0.1, 0.15) is 11.1 Å². The van der Waals surface area contributed by atoms with Gasteiger partial charge in [-0.1, -0.05) is 18.2 Å². The molecule has 0 radical (unpaired) electrons. The standard InChI is InChI=1S/C18H10N2/c1-3-11-6-7-13-14-8-9-16-15(5-2-10-19-16)18(14)20-17(13)12(11)4-1/h2-10,19H. The molecule has 0 saturated heterocycles. The Morgan fingerprint density at radius 3 is 2.75 bits per heavy atom. The Bertz CT molecular complexity index is 1080. The summed E-state index contributed by atoms with van der Waals surface area (Å²) in [5.74, 6) is 0. The van der Waals surface area contributed by atoms with E-state index in [2.05, 4.69) is 41.0 Å². The predicted molar refractivity (Wildman–Crippen MR) is 83.5 cm³/mol. The van der Waals surface area contributed by atoms with Gasteiger partial charge in [0.1, 0.15) is 0 Å². The van der Waals surface area contributed by atoms with Crippen LogP contribution in [-0.2, 0) is 0 Å². The first-order chi connectivity index (χ1) is 9.92. The summed E-state index contributed by atoms with van der Waals surface area (Å²) in [7, 11) is 0. The normalized spacial score (nSPS) is 12.8. The summed E-state index contributed by atoms with van der Waals surface area (Å²) in [4.78, 5) is 8.18. The summed E-state index contributed by atoms with van der Waals surface area (Å²) in [6.07, 6.45) is 5.99. The van der Waals surface area contributed by atoms with E-state index in [-0.39, 0.29) is 0 Å². The van der Waals surface area contributed by atoms with Gasteiger partial charge in [0.2, 0.25) is 0 Å². The van der Waals surface area contributed by atoms with Crippen molar-refractivity contribution in [2.45, 2.75) is 0 Å². The molecule has 0 bridgehead atoms. The fraction of sp³-hybridized carbons (Fsp3) is 0. The highest BCUT2D eigenvalue weighted by Gasteiger charge is 2.14. The van der Waals surface area contributed by atoms with Gasteiger partial charge < -0.3 is 4.98 Å². The van der Waals surface area contributed by atoms with E-state index in [1.807, 2.05) is 24.4 Å². The maximum absolute atomic E-state index is 4.90. The average molecular weight is 254 g/mol. The number of hydrogen-bond donors (Lipinski definition) is 1. The molecule has 5 rings (SSSR count). The number of hydrogen-bond acceptors (Lipinski definition) is 1.